The zero-order valence-corrected chi connectivity index (χ0v) is 16.7. The Morgan fingerprint density at radius 3 is 2.17 bits per heavy atom. The Morgan fingerprint density at radius 1 is 0.897 bits per heavy atom. The third-order valence-electron chi connectivity index (χ3n) is 4.95. The summed E-state index contributed by atoms with van der Waals surface area (Å²) in [7, 11) is -3.25. The van der Waals surface area contributed by atoms with Crippen LogP contribution in [0.4, 0.5) is 4.39 Å². The van der Waals surface area contributed by atoms with Gasteiger partial charge in [-0.1, -0.05) is 31.2 Å². The first kappa shape index (κ1) is 19.4. The van der Waals surface area contributed by atoms with Gasteiger partial charge in [-0.25, -0.2) is 12.8 Å². The lowest BCUT2D eigenvalue weighted by atomic mass is 9.97. The summed E-state index contributed by atoms with van der Waals surface area (Å²) >= 11 is 0. The number of benzene rings is 3. The Hall–Kier alpha value is -2.96. The molecule has 6 heteroatoms. The molecule has 0 aliphatic heterocycles. The summed E-state index contributed by atoms with van der Waals surface area (Å²) in [6.07, 6.45) is 0. The van der Waals surface area contributed by atoms with Crippen molar-refractivity contribution < 1.29 is 17.2 Å². The Balaban J connectivity index is 1.88. The Morgan fingerprint density at radius 2 is 1.55 bits per heavy atom. The minimum absolute atomic E-state index is 0.0594. The maximum Gasteiger partial charge on any atom is 0.178 e. The van der Waals surface area contributed by atoms with Gasteiger partial charge < -0.3 is 10.2 Å². The molecular formula is C23H20FNO3S. The van der Waals surface area contributed by atoms with Gasteiger partial charge in [-0.05, 0) is 59.2 Å². The summed E-state index contributed by atoms with van der Waals surface area (Å²) < 4.78 is 43.4. The molecule has 0 radical (unpaired) electrons. The number of sulfone groups is 1. The molecule has 0 unspecified atom stereocenters. The van der Waals surface area contributed by atoms with E-state index in [0.717, 1.165) is 27.6 Å². The Bertz CT molecular complexity index is 1270. The van der Waals surface area contributed by atoms with E-state index >= 15 is 0 Å². The fraction of sp³-hybridized carbons (Fsp3) is 0.130. The van der Waals surface area contributed by atoms with Gasteiger partial charge in [-0.2, -0.15) is 0 Å². The smallest absolute Gasteiger partial charge is 0.178 e. The number of halogens is 1. The molecule has 0 spiro atoms. The number of fused-ring (bicyclic) bond motifs is 1. The van der Waals surface area contributed by atoms with Crippen LogP contribution in [0.2, 0.25) is 0 Å². The highest BCUT2D eigenvalue weighted by molar-refractivity contribution is 7.91. The Labute approximate surface area is 168 Å². The van der Waals surface area contributed by atoms with E-state index in [2.05, 4.69) is 0 Å². The van der Waals surface area contributed by atoms with Crippen molar-refractivity contribution in [2.75, 3.05) is 5.75 Å². The average molecular weight is 409 g/mol. The van der Waals surface area contributed by atoms with Crippen molar-refractivity contribution in [3.63, 3.8) is 0 Å². The van der Waals surface area contributed by atoms with Crippen molar-refractivity contribution in [1.82, 2.24) is 0 Å². The van der Waals surface area contributed by atoms with Gasteiger partial charge in [-0.15, -0.1) is 0 Å². The monoisotopic (exact) mass is 409 g/mol. The fourth-order valence-corrected chi connectivity index (χ4v) is 4.22. The van der Waals surface area contributed by atoms with Crippen molar-refractivity contribution in [2.24, 2.45) is 5.73 Å². The van der Waals surface area contributed by atoms with Crippen LogP contribution in [0.5, 0.6) is 0 Å². The van der Waals surface area contributed by atoms with E-state index in [1.807, 2.05) is 18.2 Å². The predicted molar refractivity (Wildman–Crippen MR) is 113 cm³/mol. The van der Waals surface area contributed by atoms with Crippen LogP contribution < -0.4 is 5.73 Å². The van der Waals surface area contributed by atoms with E-state index in [-0.39, 0.29) is 18.1 Å². The predicted octanol–water partition coefficient (Wildman–Crippen LogP) is 5.16. The maximum atomic E-state index is 13.4. The molecule has 148 valence electrons. The molecule has 0 saturated carbocycles. The van der Waals surface area contributed by atoms with Crippen molar-refractivity contribution in [2.45, 2.75) is 18.4 Å². The molecule has 0 amide bonds. The van der Waals surface area contributed by atoms with E-state index < -0.39 is 9.84 Å². The largest absolute Gasteiger partial charge is 0.459 e. The van der Waals surface area contributed by atoms with Gasteiger partial charge in [0.2, 0.25) is 0 Å². The number of hydrogen-bond donors (Lipinski definition) is 1. The normalized spacial score (nSPS) is 11.8. The van der Waals surface area contributed by atoms with Crippen LogP contribution in [0.25, 0.3) is 33.2 Å². The lowest BCUT2D eigenvalue weighted by Gasteiger charge is -2.09. The summed E-state index contributed by atoms with van der Waals surface area (Å²) in [4.78, 5) is 0.303. The summed E-state index contributed by atoms with van der Waals surface area (Å²) in [6, 6.07) is 18.9. The van der Waals surface area contributed by atoms with Gasteiger partial charge >= 0.3 is 0 Å². The fourth-order valence-electron chi connectivity index (χ4n) is 3.34. The highest BCUT2D eigenvalue weighted by Crippen LogP contribution is 2.36. The summed E-state index contributed by atoms with van der Waals surface area (Å²) in [5.41, 5.74) is 9.85. The van der Waals surface area contributed by atoms with E-state index in [1.165, 1.54) is 12.1 Å². The summed E-state index contributed by atoms with van der Waals surface area (Å²) in [6.45, 7) is 1.90. The van der Waals surface area contributed by atoms with Crippen molar-refractivity contribution in [3.05, 3.63) is 78.3 Å². The van der Waals surface area contributed by atoms with Gasteiger partial charge in [0.15, 0.2) is 9.84 Å². The SMILES string of the molecule is CCS(=O)(=O)c1ccc(-c2cc(-c3ccc(F)cc3)c3oc(CN)cc3c2)cc1. The van der Waals surface area contributed by atoms with Crippen molar-refractivity contribution in [3.8, 4) is 22.3 Å². The first-order valence-corrected chi connectivity index (χ1v) is 10.9. The van der Waals surface area contributed by atoms with Crippen LogP contribution in [-0.4, -0.2) is 14.2 Å². The molecule has 0 fully saturated rings. The molecule has 1 heterocycles. The molecule has 0 aliphatic rings. The van der Waals surface area contributed by atoms with E-state index in [0.29, 0.717) is 16.2 Å². The van der Waals surface area contributed by atoms with Crippen LogP contribution in [0.1, 0.15) is 12.7 Å². The van der Waals surface area contributed by atoms with Crippen LogP contribution in [0, 0.1) is 5.82 Å². The third kappa shape index (κ3) is 3.69. The summed E-state index contributed by atoms with van der Waals surface area (Å²) in [5, 5.41) is 0.882. The molecule has 29 heavy (non-hydrogen) atoms. The summed E-state index contributed by atoms with van der Waals surface area (Å²) in [5.74, 6) is 0.407. The Kier molecular flexibility index (Phi) is 4.98. The van der Waals surface area contributed by atoms with Crippen LogP contribution in [-0.2, 0) is 16.4 Å². The molecule has 4 nitrogen and oxygen atoms in total. The van der Waals surface area contributed by atoms with Gasteiger partial charge in [0, 0.05) is 10.9 Å². The number of rotatable bonds is 5. The highest BCUT2D eigenvalue weighted by atomic mass is 32.2. The molecule has 0 atom stereocenters. The molecule has 2 N–H and O–H groups in total. The number of nitrogens with two attached hydrogens (primary N) is 1. The lowest BCUT2D eigenvalue weighted by molar-refractivity contribution is 0.553. The lowest BCUT2D eigenvalue weighted by Crippen LogP contribution is -2.03. The van der Waals surface area contributed by atoms with Gasteiger partial charge in [-0.3, -0.25) is 0 Å². The minimum atomic E-state index is -3.25. The topological polar surface area (TPSA) is 73.3 Å². The quantitative estimate of drug-likeness (QED) is 0.494. The number of hydrogen-bond acceptors (Lipinski definition) is 4. The van der Waals surface area contributed by atoms with Gasteiger partial charge in [0.1, 0.15) is 17.2 Å². The minimum Gasteiger partial charge on any atom is -0.459 e. The molecule has 0 bridgehead atoms. The molecule has 1 aromatic heterocycles. The van der Waals surface area contributed by atoms with E-state index in [9.17, 15) is 12.8 Å². The second kappa shape index (κ2) is 7.46. The van der Waals surface area contributed by atoms with Crippen LogP contribution in [0.3, 0.4) is 0 Å². The van der Waals surface area contributed by atoms with E-state index in [1.54, 1.807) is 43.3 Å². The standard InChI is InChI=1S/C23H20FNO3S/c1-2-29(26,27)21-9-5-15(6-10-21)17-11-18-12-20(14-25)28-23(18)22(13-17)16-3-7-19(24)8-4-16/h3-13H,2,14,25H2,1H3. The average Bonchev–Trinajstić information content (AvgIpc) is 3.17. The van der Waals surface area contributed by atoms with E-state index in [4.69, 9.17) is 10.2 Å². The van der Waals surface area contributed by atoms with Gasteiger partial charge in [0.05, 0.1) is 17.2 Å². The van der Waals surface area contributed by atoms with Crippen LogP contribution in [0.15, 0.2) is 76.0 Å². The molecule has 0 saturated heterocycles. The molecule has 0 aliphatic carbocycles. The zero-order valence-electron chi connectivity index (χ0n) is 15.9. The second-order valence-corrected chi connectivity index (χ2v) is 9.07. The van der Waals surface area contributed by atoms with Crippen molar-refractivity contribution >= 4 is 20.8 Å². The maximum absolute atomic E-state index is 13.4. The first-order valence-electron chi connectivity index (χ1n) is 9.27. The zero-order chi connectivity index (χ0) is 20.6. The van der Waals surface area contributed by atoms with Gasteiger partial charge in [0.25, 0.3) is 0 Å². The van der Waals surface area contributed by atoms with Crippen molar-refractivity contribution in [1.29, 1.82) is 0 Å². The molecular weight excluding hydrogens is 389 g/mol. The third-order valence-corrected chi connectivity index (χ3v) is 6.70. The molecule has 4 rings (SSSR count). The highest BCUT2D eigenvalue weighted by Gasteiger charge is 2.15. The second-order valence-electron chi connectivity index (χ2n) is 6.79. The van der Waals surface area contributed by atoms with Crippen LogP contribution >= 0.6 is 0 Å². The molecule has 3 aromatic carbocycles. The first-order chi connectivity index (χ1) is 13.9. The number of furan rings is 1. The molecule has 4 aromatic rings.